The van der Waals surface area contributed by atoms with Crippen molar-refractivity contribution in [1.82, 2.24) is 9.88 Å². The molecule has 0 bridgehead atoms. The molecule has 8 heteroatoms. The average Bonchev–Trinajstić information content (AvgIpc) is 2.66. The van der Waals surface area contributed by atoms with Crippen LogP contribution in [-0.4, -0.2) is 35.3 Å². The summed E-state index contributed by atoms with van der Waals surface area (Å²) in [5.74, 6) is -5.88. The molecule has 27 heavy (non-hydrogen) atoms. The molecule has 0 fully saturated rings. The SMILES string of the molecule is CN(CCc1ccncc1)C(=O)C(C)(C)C(=O)Nc1ccc(F)c(F)c1F. The normalized spacial score (nSPS) is 11.2. The number of benzene rings is 1. The van der Waals surface area contributed by atoms with Crippen molar-refractivity contribution in [2.24, 2.45) is 5.41 Å². The number of pyridine rings is 1. The Bertz CT molecular complexity index is 842. The highest BCUT2D eigenvalue weighted by atomic mass is 19.2. The zero-order chi connectivity index (χ0) is 20.2. The van der Waals surface area contributed by atoms with Crippen LogP contribution in [0, 0.1) is 22.9 Å². The largest absolute Gasteiger partial charge is 0.345 e. The Morgan fingerprint density at radius 2 is 1.70 bits per heavy atom. The highest BCUT2D eigenvalue weighted by molar-refractivity contribution is 6.09. The first-order chi connectivity index (χ1) is 12.6. The second-order valence-electron chi connectivity index (χ2n) is 6.63. The van der Waals surface area contributed by atoms with Crippen molar-refractivity contribution in [2.45, 2.75) is 20.3 Å². The van der Waals surface area contributed by atoms with Crippen LogP contribution in [0.5, 0.6) is 0 Å². The second-order valence-corrected chi connectivity index (χ2v) is 6.63. The topological polar surface area (TPSA) is 62.3 Å². The number of likely N-dealkylation sites (N-methyl/N-ethyl adjacent to an activating group) is 1. The van der Waals surface area contributed by atoms with Gasteiger partial charge in [0.05, 0.1) is 5.69 Å². The third kappa shape index (κ3) is 4.64. The third-order valence-corrected chi connectivity index (χ3v) is 4.22. The van der Waals surface area contributed by atoms with Gasteiger partial charge in [0, 0.05) is 26.0 Å². The first-order valence-corrected chi connectivity index (χ1v) is 8.24. The quantitative estimate of drug-likeness (QED) is 0.620. The van der Waals surface area contributed by atoms with Gasteiger partial charge >= 0.3 is 0 Å². The lowest BCUT2D eigenvalue weighted by Crippen LogP contribution is -2.46. The summed E-state index contributed by atoms with van der Waals surface area (Å²) < 4.78 is 40.1. The summed E-state index contributed by atoms with van der Waals surface area (Å²) in [5.41, 5.74) is -1.08. The molecule has 0 saturated heterocycles. The number of carbonyl (C=O) groups is 2. The first-order valence-electron chi connectivity index (χ1n) is 8.24. The molecule has 2 amide bonds. The van der Waals surface area contributed by atoms with Gasteiger partial charge < -0.3 is 10.2 Å². The Morgan fingerprint density at radius 3 is 2.33 bits per heavy atom. The van der Waals surface area contributed by atoms with Gasteiger partial charge in [0.1, 0.15) is 5.41 Å². The van der Waals surface area contributed by atoms with Gasteiger partial charge in [0.25, 0.3) is 0 Å². The predicted molar refractivity (Wildman–Crippen MR) is 94.3 cm³/mol. The Hall–Kier alpha value is -2.90. The summed E-state index contributed by atoms with van der Waals surface area (Å²) in [5, 5.41) is 2.15. The van der Waals surface area contributed by atoms with E-state index < -0.39 is 40.4 Å². The minimum Gasteiger partial charge on any atom is -0.345 e. The summed E-state index contributed by atoms with van der Waals surface area (Å²) in [4.78, 5) is 30.4. The lowest BCUT2D eigenvalue weighted by Gasteiger charge is -2.28. The molecule has 5 nitrogen and oxygen atoms in total. The maximum Gasteiger partial charge on any atom is 0.239 e. The van der Waals surface area contributed by atoms with Gasteiger partial charge in [-0.05, 0) is 50.1 Å². The van der Waals surface area contributed by atoms with E-state index in [1.807, 2.05) is 12.1 Å². The summed E-state index contributed by atoms with van der Waals surface area (Å²) in [6.07, 6.45) is 3.86. The molecule has 0 aliphatic rings. The molecule has 1 heterocycles. The van der Waals surface area contributed by atoms with Gasteiger partial charge in [-0.15, -0.1) is 0 Å². The Labute approximate surface area is 155 Å². The highest BCUT2D eigenvalue weighted by Gasteiger charge is 2.38. The van der Waals surface area contributed by atoms with E-state index in [2.05, 4.69) is 10.3 Å². The number of hydrogen-bond donors (Lipinski definition) is 1. The molecule has 144 valence electrons. The molecule has 1 aromatic carbocycles. The summed E-state index contributed by atoms with van der Waals surface area (Å²) in [6, 6.07) is 5.24. The predicted octanol–water partition coefficient (Wildman–Crippen LogP) is 3.16. The van der Waals surface area contributed by atoms with E-state index in [1.165, 1.54) is 18.7 Å². The van der Waals surface area contributed by atoms with E-state index in [0.29, 0.717) is 19.0 Å². The zero-order valence-electron chi connectivity index (χ0n) is 15.2. The molecule has 1 N–H and O–H groups in total. The Kier molecular flexibility index (Phi) is 6.20. The zero-order valence-corrected chi connectivity index (χ0v) is 15.2. The fraction of sp³-hybridized carbons (Fsp3) is 0.316. The molecule has 0 aliphatic heterocycles. The Morgan fingerprint density at radius 1 is 1.07 bits per heavy atom. The van der Waals surface area contributed by atoms with Crippen LogP contribution in [0.2, 0.25) is 0 Å². The number of hydrogen-bond acceptors (Lipinski definition) is 3. The standard InChI is InChI=1S/C19H20F3N3O2/c1-19(2,17(26)24-14-5-4-13(20)15(21)16(14)22)18(27)25(3)11-8-12-6-9-23-10-7-12/h4-7,9-10H,8,11H2,1-3H3,(H,24,26). The number of amides is 2. The van der Waals surface area contributed by atoms with E-state index in [4.69, 9.17) is 0 Å². The van der Waals surface area contributed by atoms with E-state index in [-0.39, 0.29) is 0 Å². The molecular formula is C19H20F3N3O2. The fourth-order valence-electron chi connectivity index (χ4n) is 2.42. The van der Waals surface area contributed by atoms with Crippen molar-refractivity contribution in [1.29, 1.82) is 0 Å². The minimum absolute atomic E-state index is 0.360. The van der Waals surface area contributed by atoms with Crippen molar-refractivity contribution in [3.63, 3.8) is 0 Å². The van der Waals surface area contributed by atoms with Crippen molar-refractivity contribution in [3.05, 3.63) is 59.7 Å². The fourth-order valence-corrected chi connectivity index (χ4v) is 2.42. The number of carbonyl (C=O) groups excluding carboxylic acids is 2. The van der Waals surface area contributed by atoms with E-state index in [0.717, 1.165) is 11.6 Å². The molecule has 0 spiro atoms. The van der Waals surface area contributed by atoms with Gasteiger partial charge in [-0.1, -0.05) is 0 Å². The average molecular weight is 379 g/mol. The van der Waals surface area contributed by atoms with Crippen LogP contribution in [0.1, 0.15) is 19.4 Å². The number of nitrogens with one attached hydrogen (secondary N) is 1. The highest BCUT2D eigenvalue weighted by Crippen LogP contribution is 2.25. The lowest BCUT2D eigenvalue weighted by molar-refractivity contribution is -0.145. The van der Waals surface area contributed by atoms with Crippen molar-refractivity contribution >= 4 is 17.5 Å². The smallest absolute Gasteiger partial charge is 0.239 e. The van der Waals surface area contributed by atoms with Crippen molar-refractivity contribution in [2.75, 3.05) is 18.9 Å². The number of rotatable bonds is 6. The van der Waals surface area contributed by atoms with Gasteiger partial charge in [-0.2, -0.15) is 0 Å². The van der Waals surface area contributed by atoms with E-state index in [1.54, 1.807) is 19.4 Å². The third-order valence-electron chi connectivity index (χ3n) is 4.22. The van der Waals surface area contributed by atoms with Gasteiger partial charge in [-0.25, -0.2) is 13.2 Å². The monoisotopic (exact) mass is 379 g/mol. The van der Waals surface area contributed by atoms with Gasteiger partial charge in [-0.3, -0.25) is 14.6 Å². The molecule has 0 atom stereocenters. The molecule has 2 rings (SSSR count). The summed E-state index contributed by atoms with van der Waals surface area (Å²) in [6.45, 7) is 3.12. The lowest BCUT2D eigenvalue weighted by atomic mass is 9.90. The molecular weight excluding hydrogens is 359 g/mol. The van der Waals surface area contributed by atoms with Crippen LogP contribution in [0.25, 0.3) is 0 Å². The summed E-state index contributed by atoms with van der Waals surface area (Å²) in [7, 11) is 1.55. The van der Waals surface area contributed by atoms with Crippen LogP contribution < -0.4 is 5.32 Å². The van der Waals surface area contributed by atoms with Crippen LogP contribution in [-0.2, 0) is 16.0 Å². The molecule has 0 radical (unpaired) electrons. The van der Waals surface area contributed by atoms with E-state index >= 15 is 0 Å². The minimum atomic E-state index is -1.69. The summed E-state index contributed by atoms with van der Waals surface area (Å²) >= 11 is 0. The van der Waals surface area contributed by atoms with Gasteiger partial charge in [0.15, 0.2) is 17.5 Å². The van der Waals surface area contributed by atoms with Crippen LogP contribution in [0.15, 0.2) is 36.7 Å². The van der Waals surface area contributed by atoms with Gasteiger partial charge in [0.2, 0.25) is 11.8 Å². The number of anilines is 1. The maximum atomic E-state index is 13.7. The molecule has 0 aliphatic carbocycles. The molecule has 0 unspecified atom stereocenters. The molecule has 1 aromatic heterocycles. The van der Waals surface area contributed by atoms with Crippen LogP contribution in [0.3, 0.4) is 0 Å². The number of nitrogens with zero attached hydrogens (tertiary/aromatic N) is 2. The maximum absolute atomic E-state index is 13.7. The van der Waals surface area contributed by atoms with Crippen molar-refractivity contribution < 1.29 is 22.8 Å². The molecule has 2 aromatic rings. The molecule has 0 saturated carbocycles. The second kappa shape index (κ2) is 8.20. The van der Waals surface area contributed by atoms with Crippen LogP contribution in [0.4, 0.5) is 18.9 Å². The van der Waals surface area contributed by atoms with Crippen molar-refractivity contribution in [3.8, 4) is 0 Å². The number of aromatic nitrogens is 1. The number of halogens is 3. The van der Waals surface area contributed by atoms with Crippen LogP contribution >= 0.6 is 0 Å². The first kappa shape index (κ1) is 20.4. The Balaban J connectivity index is 2.05. The van der Waals surface area contributed by atoms with E-state index in [9.17, 15) is 22.8 Å².